The van der Waals surface area contributed by atoms with Gasteiger partial charge in [-0.2, -0.15) is 0 Å². The summed E-state index contributed by atoms with van der Waals surface area (Å²) in [6.45, 7) is 0.886. The number of aliphatic imine (C=N–C) groups is 1. The second-order valence-corrected chi connectivity index (χ2v) is 4.37. The van der Waals surface area contributed by atoms with E-state index in [1.54, 1.807) is 13.2 Å². The molecule has 0 aliphatic heterocycles. The van der Waals surface area contributed by atoms with Crippen LogP contribution < -0.4 is 10.6 Å². The van der Waals surface area contributed by atoms with E-state index in [4.69, 9.17) is 0 Å². The van der Waals surface area contributed by atoms with E-state index in [1.165, 1.54) is 12.8 Å². The summed E-state index contributed by atoms with van der Waals surface area (Å²) in [4.78, 5) is 19.7. The molecule has 1 heterocycles. The normalized spacial score (nSPS) is 14.9. The highest BCUT2D eigenvalue weighted by Crippen LogP contribution is 2.23. The number of hydrogen-bond acceptors (Lipinski definition) is 4. The minimum Gasteiger partial charge on any atom is -0.358 e. The number of nitrogens with zero attached hydrogens (tertiary/aromatic N) is 2. The number of likely N-dealkylation sites (N-methyl/N-ethyl adjacent to an activating group) is 1. The second-order valence-electron chi connectivity index (χ2n) is 4.37. The van der Waals surface area contributed by atoms with Gasteiger partial charge in [-0.3, -0.25) is 14.8 Å². The fourth-order valence-corrected chi connectivity index (χ4v) is 1.48. The molecule has 0 spiro atoms. The van der Waals surface area contributed by atoms with Crippen LogP contribution in [0.3, 0.4) is 0 Å². The Kier molecular flexibility index (Phi) is 4.41. The topological polar surface area (TPSA) is 66.4 Å². The predicted octanol–water partition coefficient (Wildman–Crippen LogP) is 0.498. The van der Waals surface area contributed by atoms with E-state index in [1.807, 2.05) is 18.3 Å². The van der Waals surface area contributed by atoms with Gasteiger partial charge in [-0.05, 0) is 30.5 Å². The van der Waals surface area contributed by atoms with Gasteiger partial charge in [-0.1, -0.05) is 0 Å². The summed E-state index contributed by atoms with van der Waals surface area (Å²) in [7, 11) is 1.62. The summed E-state index contributed by atoms with van der Waals surface area (Å²) in [5.74, 6) is -0.0264. The molecule has 2 rings (SSSR count). The SMILES string of the molecule is CNC(=O)CNCc1cc(/C=N\C2CC2)ccn1. The van der Waals surface area contributed by atoms with E-state index in [0.29, 0.717) is 19.1 Å². The first-order valence-electron chi connectivity index (χ1n) is 6.17. The van der Waals surface area contributed by atoms with Crippen molar-refractivity contribution in [2.24, 2.45) is 4.99 Å². The van der Waals surface area contributed by atoms with E-state index < -0.39 is 0 Å². The Labute approximate surface area is 107 Å². The highest BCUT2D eigenvalue weighted by atomic mass is 16.1. The Balaban J connectivity index is 1.84. The summed E-state index contributed by atoms with van der Waals surface area (Å²) < 4.78 is 0. The van der Waals surface area contributed by atoms with Gasteiger partial charge in [-0.15, -0.1) is 0 Å². The minimum atomic E-state index is -0.0264. The number of nitrogens with one attached hydrogen (secondary N) is 2. The minimum absolute atomic E-state index is 0.0264. The van der Waals surface area contributed by atoms with Crippen LogP contribution in [-0.4, -0.2) is 36.7 Å². The standard InChI is InChI=1S/C13H18N4O/c1-14-13(18)9-15-8-12-6-10(4-5-16-12)7-17-11-2-3-11/h4-7,11,15H,2-3,8-9H2,1H3,(H,14,18)/b17-7-. The molecule has 0 bridgehead atoms. The van der Waals surface area contributed by atoms with Crippen LogP contribution in [0.2, 0.25) is 0 Å². The largest absolute Gasteiger partial charge is 0.358 e. The van der Waals surface area contributed by atoms with Gasteiger partial charge < -0.3 is 10.6 Å². The molecule has 5 heteroatoms. The van der Waals surface area contributed by atoms with E-state index >= 15 is 0 Å². The average molecular weight is 246 g/mol. The lowest BCUT2D eigenvalue weighted by Gasteiger charge is -2.04. The molecule has 0 radical (unpaired) electrons. The van der Waals surface area contributed by atoms with Crippen molar-refractivity contribution in [1.82, 2.24) is 15.6 Å². The van der Waals surface area contributed by atoms with Crippen LogP contribution in [0, 0.1) is 0 Å². The van der Waals surface area contributed by atoms with Crippen molar-refractivity contribution < 1.29 is 4.79 Å². The monoisotopic (exact) mass is 246 g/mol. The number of carbonyl (C=O) groups excluding carboxylic acids is 1. The van der Waals surface area contributed by atoms with Crippen LogP contribution in [-0.2, 0) is 11.3 Å². The van der Waals surface area contributed by atoms with Crippen molar-refractivity contribution in [2.75, 3.05) is 13.6 Å². The molecule has 1 aromatic rings. The van der Waals surface area contributed by atoms with Gasteiger partial charge in [0.15, 0.2) is 0 Å². The summed E-state index contributed by atoms with van der Waals surface area (Å²) in [6.07, 6.45) is 6.09. The maximum atomic E-state index is 11.0. The smallest absolute Gasteiger partial charge is 0.233 e. The molecule has 0 unspecified atom stereocenters. The third-order valence-corrected chi connectivity index (χ3v) is 2.69. The number of hydrogen-bond donors (Lipinski definition) is 2. The van der Waals surface area contributed by atoms with Crippen molar-refractivity contribution in [2.45, 2.75) is 25.4 Å². The van der Waals surface area contributed by atoms with Crippen molar-refractivity contribution in [3.63, 3.8) is 0 Å². The Morgan fingerprint density at radius 1 is 1.61 bits per heavy atom. The van der Waals surface area contributed by atoms with Gasteiger partial charge in [0.1, 0.15) is 0 Å². The molecule has 1 amide bonds. The van der Waals surface area contributed by atoms with Gasteiger partial charge >= 0.3 is 0 Å². The van der Waals surface area contributed by atoms with Crippen LogP contribution in [0.1, 0.15) is 24.1 Å². The van der Waals surface area contributed by atoms with Gasteiger partial charge in [0, 0.05) is 26.0 Å². The lowest BCUT2D eigenvalue weighted by molar-refractivity contribution is -0.119. The van der Waals surface area contributed by atoms with Crippen molar-refractivity contribution >= 4 is 12.1 Å². The summed E-state index contributed by atoms with van der Waals surface area (Å²) in [5.41, 5.74) is 1.98. The molecule has 1 aliphatic rings. The third-order valence-electron chi connectivity index (χ3n) is 2.69. The van der Waals surface area contributed by atoms with Crippen molar-refractivity contribution in [3.05, 3.63) is 29.6 Å². The molecule has 0 aromatic carbocycles. The predicted molar refractivity (Wildman–Crippen MR) is 70.6 cm³/mol. The zero-order valence-electron chi connectivity index (χ0n) is 10.5. The molecule has 0 atom stereocenters. The van der Waals surface area contributed by atoms with Crippen LogP contribution in [0.15, 0.2) is 23.3 Å². The van der Waals surface area contributed by atoms with Gasteiger partial charge in [0.2, 0.25) is 5.91 Å². The average Bonchev–Trinajstić information content (AvgIpc) is 3.21. The van der Waals surface area contributed by atoms with E-state index in [2.05, 4.69) is 20.6 Å². The molecule has 1 aromatic heterocycles. The lowest BCUT2D eigenvalue weighted by Crippen LogP contribution is -2.31. The highest BCUT2D eigenvalue weighted by molar-refractivity contribution is 5.79. The van der Waals surface area contributed by atoms with Crippen LogP contribution in [0.4, 0.5) is 0 Å². The fourth-order valence-electron chi connectivity index (χ4n) is 1.48. The zero-order chi connectivity index (χ0) is 12.8. The molecule has 2 N–H and O–H groups in total. The molecule has 1 saturated carbocycles. The zero-order valence-corrected chi connectivity index (χ0v) is 10.5. The number of amides is 1. The van der Waals surface area contributed by atoms with Gasteiger partial charge in [0.25, 0.3) is 0 Å². The first kappa shape index (κ1) is 12.7. The summed E-state index contributed by atoms with van der Waals surface area (Å²) >= 11 is 0. The molecule has 18 heavy (non-hydrogen) atoms. The van der Waals surface area contributed by atoms with Gasteiger partial charge in [0.05, 0.1) is 18.3 Å². The molecule has 1 aliphatic carbocycles. The first-order valence-corrected chi connectivity index (χ1v) is 6.17. The molecular formula is C13H18N4O. The molecule has 1 fully saturated rings. The van der Waals surface area contributed by atoms with Crippen LogP contribution >= 0.6 is 0 Å². The van der Waals surface area contributed by atoms with E-state index in [9.17, 15) is 4.79 Å². The maximum Gasteiger partial charge on any atom is 0.233 e. The van der Waals surface area contributed by atoms with Crippen LogP contribution in [0.5, 0.6) is 0 Å². The number of carbonyl (C=O) groups is 1. The molecule has 5 nitrogen and oxygen atoms in total. The summed E-state index contributed by atoms with van der Waals surface area (Å²) in [6, 6.07) is 4.46. The van der Waals surface area contributed by atoms with Crippen molar-refractivity contribution in [1.29, 1.82) is 0 Å². The van der Waals surface area contributed by atoms with Crippen molar-refractivity contribution in [3.8, 4) is 0 Å². The third kappa shape index (κ3) is 4.25. The first-order chi connectivity index (χ1) is 8.78. The number of pyridine rings is 1. The Bertz CT molecular complexity index is 440. The Morgan fingerprint density at radius 3 is 3.17 bits per heavy atom. The lowest BCUT2D eigenvalue weighted by atomic mass is 10.2. The molecule has 0 saturated heterocycles. The second kappa shape index (κ2) is 6.26. The number of aromatic nitrogens is 1. The molecule has 96 valence electrons. The van der Waals surface area contributed by atoms with E-state index in [0.717, 1.165) is 11.3 Å². The van der Waals surface area contributed by atoms with Crippen LogP contribution in [0.25, 0.3) is 0 Å². The Morgan fingerprint density at radius 2 is 2.44 bits per heavy atom. The maximum absolute atomic E-state index is 11.0. The quantitative estimate of drug-likeness (QED) is 0.718. The molecular weight excluding hydrogens is 228 g/mol. The van der Waals surface area contributed by atoms with Gasteiger partial charge in [-0.25, -0.2) is 0 Å². The summed E-state index contributed by atoms with van der Waals surface area (Å²) in [5, 5.41) is 5.60. The highest BCUT2D eigenvalue weighted by Gasteiger charge is 2.18. The fraction of sp³-hybridized carbons (Fsp3) is 0.462. The van der Waals surface area contributed by atoms with E-state index in [-0.39, 0.29) is 5.91 Å². The number of rotatable bonds is 6. The Hall–Kier alpha value is -1.75.